The van der Waals surface area contributed by atoms with E-state index in [1.54, 1.807) is 4.57 Å². The van der Waals surface area contributed by atoms with E-state index in [2.05, 4.69) is 5.32 Å². The first-order chi connectivity index (χ1) is 32.2. The number of nitrogens with two attached hydrogens (primary N) is 1. The minimum Gasteiger partial charge on any atom is -0.477 e. The maximum Gasteiger partial charge on any atom is 0.404 e. The molecule has 1 aromatic carbocycles. The number of anilines is 1. The number of aromatic nitrogens is 1. The van der Waals surface area contributed by atoms with E-state index in [0.717, 1.165) is 88.0 Å². The first kappa shape index (κ1) is 49.9. The standard InChI is InChI=1S/C47H57ClFN5O11S2/c1-63-47(51-36(56)22-32-15-12-20-66-32)44(61)54-38(29(26-65-46(50)62)27-67-45(47)54)43(60)64-19-11-7-5-3-2-4-6-8-14-31(55)21-28-13-9-10-18-52(24-28)40-35(49)23-33-39(37(40)48)53(30-16-17-30)25-34(41(33)57)42(58)59/h12,15,20,23,25,28,30,45H,2-11,13-14,16-19,21-22,24,26-27H2,1H3,(H2,50,62)(H,51,56)(H,58,59)/t28-,45-,47+/m1/s1. The maximum absolute atomic E-state index is 15.8. The molecule has 4 aliphatic rings. The molecular formula is C47H57ClFN5O11S2. The largest absolute Gasteiger partial charge is 0.477 e. The average Bonchev–Trinajstić information content (AvgIpc) is 4.06. The first-order valence-corrected chi connectivity index (χ1v) is 25.3. The lowest BCUT2D eigenvalue weighted by molar-refractivity contribution is -0.193. The summed E-state index contributed by atoms with van der Waals surface area (Å²) >= 11 is 9.59. The number of carboxylic acid groups (broad SMARTS) is 1. The minimum atomic E-state index is -1.68. The number of nitrogens with zero attached hydrogens (tertiary/aromatic N) is 3. The van der Waals surface area contributed by atoms with Crippen molar-refractivity contribution in [3.63, 3.8) is 0 Å². The highest BCUT2D eigenvalue weighted by Crippen LogP contribution is 2.47. The van der Waals surface area contributed by atoms with E-state index in [9.17, 15) is 38.7 Å². The number of ketones is 1. The second-order valence-electron chi connectivity index (χ2n) is 17.6. The summed E-state index contributed by atoms with van der Waals surface area (Å²) in [5.74, 6) is -3.45. The van der Waals surface area contributed by atoms with Gasteiger partial charge in [-0.2, -0.15) is 0 Å². The van der Waals surface area contributed by atoms with E-state index in [1.165, 1.54) is 41.3 Å². The number of fused-ring (bicyclic) bond motifs is 2. The Morgan fingerprint density at radius 3 is 2.42 bits per heavy atom. The smallest absolute Gasteiger partial charge is 0.404 e. The van der Waals surface area contributed by atoms with Gasteiger partial charge in [0.1, 0.15) is 34.8 Å². The summed E-state index contributed by atoms with van der Waals surface area (Å²) in [5, 5.41) is 13.5. The van der Waals surface area contributed by atoms with Crippen LogP contribution in [0.15, 0.2) is 45.8 Å². The van der Waals surface area contributed by atoms with Crippen LogP contribution < -0.4 is 21.4 Å². The van der Waals surface area contributed by atoms with E-state index < -0.39 is 57.8 Å². The van der Waals surface area contributed by atoms with Crippen LogP contribution in [0.4, 0.5) is 14.9 Å². The number of hydrogen-bond donors (Lipinski definition) is 3. The molecule has 1 aliphatic carbocycles. The average molecular weight is 987 g/mol. The molecule has 20 heteroatoms. The fraction of sp³-hybridized carbons (Fsp3) is 0.553. The van der Waals surface area contributed by atoms with Crippen molar-refractivity contribution in [1.29, 1.82) is 0 Å². The molecule has 3 atom stereocenters. The topological polar surface area (TPSA) is 217 Å². The van der Waals surface area contributed by atoms with Gasteiger partial charge in [0.15, 0.2) is 0 Å². The molecule has 3 amide bonds. The second kappa shape index (κ2) is 22.4. The van der Waals surface area contributed by atoms with Crippen molar-refractivity contribution in [3.05, 3.63) is 72.5 Å². The van der Waals surface area contributed by atoms with E-state index in [0.29, 0.717) is 43.4 Å². The number of esters is 1. The van der Waals surface area contributed by atoms with Crippen LogP contribution in [0.3, 0.4) is 0 Å². The van der Waals surface area contributed by atoms with Crippen molar-refractivity contribution in [2.24, 2.45) is 11.7 Å². The molecular weight excluding hydrogens is 929 g/mol. The Kier molecular flexibility index (Phi) is 16.7. The van der Waals surface area contributed by atoms with Crippen LogP contribution in [0.25, 0.3) is 10.9 Å². The number of thiophene rings is 1. The van der Waals surface area contributed by atoms with Gasteiger partial charge in [-0.1, -0.05) is 62.6 Å². The third-order valence-electron chi connectivity index (χ3n) is 12.8. The maximum atomic E-state index is 15.8. The predicted molar refractivity (Wildman–Crippen MR) is 252 cm³/mol. The summed E-state index contributed by atoms with van der Waals surface area (Å²) in [4.78, 5) is 93.4. The molecule has 0 spiro atoms. The number of carboxylic acids is 1. The Balaban J connectivity index is 0.813. The molecule has 362 valence electrons. The van der Waals surface area contributed by atoms with Crippen molar-refractivity contribution in [3.8, 4) is 0 Å². The number of methoxy groups -OCH3 is 1. The van der Waals surface area contributed by atoms with E-state index >= 15 is 4.39 Å². The Morgan fingerprint density at radius 1 is 1.01 bits per heavy atom. The number of Topliss-reactive ketones (excluding diaryl/α,β-unsaturated/α-hetero) is 1. The highest BCUT2D eigenvalue weighted by molar-refractivity contribution is 8.00. The Labute approximate surface area is 400 Å². The molecule has 0 unspecified atom stereocenters. The number of β-lactam (4-membered cyclic amide) rings is 1. The van der Waals surface area contributed by atoms with E-state index in [4.69, 9.17) is 31.5 Å². The molecule has 3 aromatic rings. The third-order valence-corrected chi connectivity index (χ3v) is 15.4. The summed E-state index contributed by atoms with van der Waals surface area (Å²) in [5.41, 5.74) is 3.18. The van der Waals surface area contributed by atoms with Gasteiger partial charge in [0.05, 0.1) is 34.6 Å². The second-order valence-corrected chi connectivity index (χ2v) is 20.1. The number of thioether (sulfide) groups is 1. The number of primary amides is 1. The SMILES string of the molecule is CO[C@@]1(NC(=O)Cc2cccs2)C(=O)N2C(C(=O)OCCCCCCCCCCC(=O)C[C@H]3CCCCN(c4c(F)cc5c(=O)c(C(=O)O)cn(C6CC6)c5c4Cl)C3)=C(COC(N)=O)CS[C@@H]21. The monoisotopic (exact) mass is 985 g/mol. The summed E-state index contributed by atoms with van der Waals surface area (Å²) in [7, 11) is 1.32. The lowest BCUT2D eigenvalue weighted by atomic mass is 9.94. The quantitative estimate of drug-likeness (QED) is 0.0364. The number of carbonyl (C=O) groups excluding carboxylic acids is 5. The van der Waals surface area contributed by atoms with Gasteiger partial charge < -0.3 is 39.8 Å². The number of benzene rings is 1. The van der Waals surface area contributed by atoms with Crippen molar-refractivity contribution in [1.82, 2.24) is 14.8 Å². The summed E-state index contributed by atoms with van der Waals surface area (Å²) < 4.78 is 33.8. The summed E-state index contributed by atoms with van der Waals surface area (Å²) in [6, 6.07) is 4.75. The van der Waals surface area contributed by atoms with Crippen molar-refractivity contribution in [2.45, 2.75) is 120 Å². The lowest BCUT2D eigenvalue weighted by Crippen LogP contribution is -2.80. The molecule has 1 saturated carbocycles. The zero-order chi connectivity index (χ0) is 47.8. The van der Waals surface area contributed by atoms with Crippen LogP contribution in [0, 0.1) is 11.7 Å². The molecule has 0 bridgehead atoms. The van der Waals surface area contributed by atoms with E-state index in [1.807, 2.05) is 22.4 Å². The molecule has 2 aromatic heterocycles. The molecule has 4 N–H and O–H groups in total. The normalized spacial score (nSPS) is 20.6. The van der Waals surface area contributed by atoms with Crippen molar-refractivity contribution in [2.75, 3.05) is 44.1 Å². The summed E-state index contributed by atoms with van der Waals surface area (Å²) in [6.45, 7) is 0.801. The number of ether oxygens (including phenoxy) is 3. The third kappa shape index (κ3) is 11.5. The molecule has 0 radical (unpaired) electrons. The van der Waals surface area contributed by atoms with Crippen LogP contribution in [-0.4, -0.2) is 100 Å². The number of carbonyl (C=O) groups is 6. The summed E-state index contributed by atoms with van der Waals surface area (Å²) in [6.07, 6.45) is 12.3. The molecule has 7 rings (SSSR count). The van der Waals surface area contributed by atoms with Gasteiger partial charge in [0.2, 0.25) is 11.3 Å². The number of hydrogen-bond acceptors (Lipinski definition) is 13. The number of amides is 3. The number of aromatic carboxylic acids is 1. The Morgan fingerprint density at radius 2 is 1.75 bits per heavy atom. The highest BCUT2D eigenvalue weighted by Gasteiger charge is 2.66. The minimum absolute atomic E-state index is 0.00852. The number of halogens is 2. The van der Waals surface area contributed by atoms with Crippen LogP contribution in [0.2, 0.25) is 5.02 Å². The highest BCUT2D eigenvalue weighted by atomic mass is 35.5. The molecule has 2 saturated heterocycles. The van der Waals surface area contributed by atoms with Gasteiger partial charge in [0, 0.05) is 61.5 Å². The number of rotatable bonds is 23. The van der Waals surface area contributed by atoms with Crippen molar-refractivity contribution < 1.29 is 52.5 Å². The Hall–Kier alpha value is -4.98. The Bertz CT molecular complexity index is 2460. The molecule has 5 heterocycles. The van der Waals surface area contributed by atoms with Crippen LogP contribution >= 0.6 is 34.7 Å². The van der Waals surface area contributed by atoms with Gasteiger partial charge in [-0.3, -0.25) is 24.1 Å². The first-order valence-electron chi connectivity index (χ1n) is 23.0. The van der Waals surface area contributed by atoms with Crippen molar-refractivity contribution >= 4 is 86.9 Å². The predicted octanol–water partition coefficient (Wildman–Crippen LogP) is 7.47. The van der Waals surface area contributed by atoms with Crippen LogP contribution in [0.1, 0.15) is 118 Å². The van der Waals surface area contributed by atoms with E-state index in [-0.39, 0.29) is 64.9 Å². The zero-order valence-corrected chi connectivity index (χ0v) is 39.9. The van der Waals surface area contributed by atoms with Crippen LogP contribution in [0.5, 0.6) is 0 Å². The number of nitrogens with one attached hydrogen (secondary N) is 1. The molecule has 3 aliphatic heterocycles. The van der Waals surface area contributed by atoms with Gasteiger partial charge in [-0.25, -0.2) is 18.8 Å². The fourth-order valence-electron chi connectivity index (χ4n) is 9.28. The van der Waals surface area contributed by atoms with Gasteiger partial charge in [-0.05, 0) is 62.0 Å². The molecule has 67 heavy (non-hydrogen) atoms. The van der Waals surface area contributed by atoms with Gasteiger partial charge >= 0.3 is 18.0 Å². The fourth-order valence-corrected chi connectivity index (χ4v) is 11.8. The van der Waals surface area contributed by atoms with Gasteiger partial charge in [0.25, 0.3) is 11.6 Å². The van der Waals surface area contributed by atoms with Crippen LogP contribution in [-0.2, 0) is 39.8 Å². The lowest BCUT2D eigenvalue weighted by Gasteiger charge is -2.55. The molecule has 3 fully saturated rings. The number of pyridine rings is 1. The number of unbranched alkanes of at least 4 members (excludes halogenated alkanes) is 7. The zero-order valence-electron chi connectivity index (χ0n) is 37.5. The molecule has 16 nitrogen and oxygen atoms in total. The van der Waals surface area contributed by atoms with Gasteiger partial charge in [-0.15, -0.1) is 23.1 Å².